The summed E-state index contributed by atoms with van der Waals surface area (Å²) >= 11 is 5.66. The van der Waals surface area contributed by atoms with Gasteiger partial charge in [0.15, 0.2) is 0 Å². The number of hydrogen-bond acceptors (Lipinski definition) is 4. The fourth-order valence-electron chi connectivity index (χ4n) is 7.98. The topological polar surface area (TPSA) is 3.24 Å². The third kappa shape index (κ3) is 4.59. The lowest BCUT2D eigenvalue weighted by Gasteiger charge is -2.29. The van der Waals surface area contributed by atoms with Gasteiger partial charge in [-0.2, -0.15) is 0 Å². The van der Waals surface area contributed by atoms with Crippen molar-refractivity contribution in [1.29, 1.82) is 0 Å². The molecule has 0 N–H and O–H groups in total. The number of nitrogens with zero attached hydrogens (tertiary/aromatic N) is 1. The van der Waals surface area contributed by atoms with Crippen LogP contribution in [-0.2, 0) is 0 Å². The molecular weight excluding hydrogens is 687 g/mol. The standard InChI is InChI=1S/C48H29NS3/c1-3-14-30(15-4-1)32-28-39(46-35-19-8-11-23-41(35)51-44(46)29-32)49(37-21-13-25-43-45(37)34-18-7-10-22-40(34)50-43)38-27-26-33(31-16-5-2-6-17-31)48-47(38)36-20-9-12-24-42(36)52-48/h1-29H. The van der Waals surface area contributed by atoms with E-state index in [2.05, 4.69) is 181 Å². The van der Waals surface area contributed by atoms with Crippen LogP contribution in [0.1, 0.15) is 0 Å². The molecule has 4 heteroatoms. The second kappa shape index (κ2) is 11.9. The molecule has 244 valence electrons. The summed E-state index contributed by atoms with van der Waals surface area (Å²) in [4.78, 5) is 2.60. The van der Waals surface area contributed by atoms with Crippen molar-refractivity contribution in [3.63, 3.8) is 0 Å². The van der Waals surface area contributed by atoms with E-state index in [9.17, 15) is 0 Å². The lowest BCUT2D eigenvalue weighted by atomic mass is 9.97. The molecule has 0 fully saturated rings. The molecule has 0 unspecified atom stereocenters. The van der Waals surface area contributed by atoms with E-state index >= 15 is 0 Å². The van der Waals surface area contributed by atoms with Crippen molar-refractivity contribution in [3.8, 4) is 22.3 Å². The first-order valence-corrected chi connectivity index (χ1v) is 20.0. The van der Waals surface area contributed by atoms with Gasteiger partial charge < -0.3 is 4.90 Å². The number of hydrogen-bond donors (Lipinski definition) is 0. The lowest BCUT2D eigenvalue weighted by molar-refractivity contribution is 1.34. The molecule has 1 nitrogen and oxygen atoms in total. The molecule has 3 heterocycles. The van der Waals surface area contributed by atoms with Gasteiger partial charge in [0.2, 0.25) is 0 Å². The van der Waals surface area contributed by atoms with Crippen LogP contribution in [0.5, 0.6) is 0 Å². The Bertz CT molecular complexity index is 3130. The minimum absolute atomic E-state index is 1.19. The zero-order valence-corrected chi connectivity index (χ0v) is 30.4. The van der Waals surface area contributed by atoms with Crippen molar-refractivity contribution in [2.45, 2.75) is 0 Å². The third-order valence-electron chi connectivity index (χ3n) is 10.3. The highest BCUT2D eigenvalue weighted by molar-refractivity contribution is 7.27. The van der Waals surface area contributed by atoms with Crippen LogP contribution in [-0.4, -0.2) is 0 Å². The van der Waals surface area contributed by atoms with E-state index in [-0.39, 0.29) is 0 Å². The molecule has 0 aliphatic carbocycles. The second-order valence-corrected chi connectivity index (χ2v) is 16.4. The van der Waals surface area contributed by atoms with E-state index in [1.807, 2.05) is 34.0 Å². The zero-order valence-electron chi connectivity index (χ0n) is 27.9. The van der Waals surface area contributed by atoms with Crippen LogP contribution in [0.4, 0.5) is 17.1 Å². The average molecular weight is 716 g/mol. The highest BCUT2D eigenvalue weighted by Gasteiger charge is 2.26. The molecule has 52 heavy (non-hydrogen) atoms. The molecule has 0 saturated heterocycles. The van der Waals surface area contributed by atoms with E-state index in [0.29, 0.717) is 0 Å². The summed E-state index contributed by atoms with van der Waals surface area (Å²) in [5, 5.41) is 7.74. The Morgan fingerprint density at radius 2 is 0.827 bits per heavy atom. The van der Waals surface area contributed by atoms with Crippen molar-refractivity contribution in [2.75, 3.05) is 4.90 Å². The maximum Gasteiger partial charge on any atom is 0.0561 e. The van der Waals surface area contributed by atoms with Crippen molar-refractivity contribution < 1.29 is 0 Å². The van der Waals surface area contributed by atoms with Gasteiger partial charge in [-0.05, 0) is 70.8 Å². The van der Waals surface area contributed by atoms with Crippen LogP contribution in [0, 0.1) is 0 Å². The van der Waals surface area contributed by atoms with Crippen LogP contribution < -0.4 is 4.90 Å². The van der Waals surface area contributed by atoms with E-state index in [1.165, 1.54) is 99.8 Å². The number of anilines is 3. The Morgan fingerprint density at radius 1 is 0.308 bits per heavy atom. The summed E-state index contributed by atoms with van der Waals surface area (Å²) in [6.07, 6.45) is 0. The largest absolute Gasteiger partial charge is 0.308 e. The van der Waals surface area contributed by atoms with Gasteiger partial charge in [0.05, 0.1) is 17.1 Å². The second-order valence-electron chi connectivity index (χ2n) is 13.2. The summed E-state index contributed by atoms with van der Waals surface area (Å²) in [5.74, 6) is 0. The zero-order chi connectivity index (χ0) is 34.2. The van der Waals surface area contributed by atoms with Crippen LogP contribution in [0.15, 0.2) is 176 Å². The smallest absolute Gasteiger partial charge is 0.0561 e. The quantitative estimate of drug-likeness (QED) is 0.171. The summed E-state index contributed by atoms with van der Waals surface area (Å²) in [6, 6.07) is 64.9. The predicted molar refractivity (Wildman–Crippen MR) is 231 cm³/mol. The molecule has 0 spiro atoms. The van der Waals surface area contributed by atoms with Gasteiger partial charge in [-0.1, -0.05) is 127 Å². The average Bonchev–Trinajstić information content (AvgIpc) is 3.90. The molecule has 0 aliphatic rings. The molecular formula is C48H29NS3. The maximum absolute atomic E-state index is 2.60. The molecule has 0 bridgehead atoms. The van der Waals surface area contributed by atoms with Gasteiger partial charge in [-0.15, -0.1) is 34.0 Å². The van der Waals surface area contributed by atoms with Crippen LogP contribution in [0.2, 0.25) is 0 Å². The first-order chi connectivity index (χ1) is 25.8. The van der Waals surface area contributed by atoms with Crippen LogP contribution in [0.3, 0.4) is 0 Å². The monoisotopic (exact) mass is 715 g/mol. The normalized spacial score (nSPS) is 11.8. The van der Waals surface area contributed by atoms with E-state index in [4.69, 9.17) is 0 Å². The fraction of sp³-hybridized carbons (Fsp3) is 0. The van der Waals surface area contributed by atoms with Crippen molar-refractivity contribution in [3.05, 3.63) is 176 Å². The van der Waals surface area contributed by atoms with E-state index in [1.54, 1.807) is 0 Å². The minimum Gasteiger partial charge on any atom is -0.308 e. The molecule has 11 rings (SSSR count). The number of thiophene rings is 3. The first-order valence-electron chi connectivity index (χ1n) is 17.5. The van der Waals surface area contributed by atoms with Gasteiger partial charge in [-0.25, -0.2) is 0 Å². The summed E-state index contributed by atoms with van der Waals surface area (Å²) < 4.78 is 7.79. The Hall–Kier alpha value is -5.78. The summed E-state index contributed by atoms with van der Waals surface area (Å²) in [6.45, 7) is 0. The molecule has 11 aromatic rings. The van der Waals surface area contributed by atoms with Crippen molar-refractivity contribution in [2.24, 2.45) is 0 Å². The van der Waals surface area contributed by atoms with Gasteiger partial charge >= 0.3 is 0 Å². The third-order valence-corrected chi connectivity index (χ3v) is 13.7. The Labute approximate surface area is 312 Å². The van der Waals surface area contributed by atoms with Gasteiger partial charge in [0.1, 0.15) is 0 Å². The highest BCUT2D eigenvalue weighted by atomic mass is 32.1. The first kappa shape index (κ1) is 29.9. The van der Waals surface area contributed by atoms with Crippen molar-refractivity contribution >= 4 is 112 Å². The minimum atomic E-state index is 1.19. The Morgan fingerprint density at radius 3 is 1.52 bits per heavy atom. The van der Waals surface area contributed by atoms with Crippen molar-refractivity contribution in [1.82, 2.24) is 0 Å². The molecule has 0 amide bonds. The van der Waals surface area contributed by atoms with Crippen LogP contribution >= 0.6 is 34.0 Å². The van der Waals surface area contributed by atoms with Crippen LogP contribution in [0.25, 0.3) is 82.8 Å². The molecule has 0 atom stereocenters. The van der Waals surface area contributed by atoms with Gasteiger partial charge in [-0.3, -0.25) is 0 Å². The van der Waals surface area contributed by atoms with Gasteiger partial charge in [0.25, 0.3) is 0 Å². The molecule has 0 saturated carbocycles. The maximum atomic E-state index is 2.60. The van der Waals surface area contributed by atoms with Gasteiger partial charge in [0, 0.05) is 60.5 Å². The highest BCUT2D eigenvalue weighted by Crippen LogP contribution is 2.54. The van der Waals surface area contributed by atoms with E-state index in [0.717, 1.165) is 0 Å². The fourth-order valence-corrected chi connectivity index (χ4v) is 11.5. The Kier molecular flexibility index (Phi) is 6.84. The summed E-state index contributed by atoms with van der Waals surface area (Å²) in [7, 11) is 0. The molecule has 0 aliphatic heterocycles. The summed E-state index contributed by atoms with van der Waals surface area (Å²) in [5.41, 5.74) is 8.52. The molecule has 0 radical (unpaired) electrons. The predicted octanol–water partition coefficient (Wildman–Crippen LogP) is 15.6. The molecule has 8 aromatic carbocycles. The number of rotatable bonds is 5. The lowest BCUT2D eigenvalue weighted by Crippen LogP contribution is -2.11. The Balaban J connectivity index is 1.34. The van der Waals surface area contributed by atoms with E-state index < -0.39 is 0 Å². The SMILES string of the molecule is c1ccc(-c2cc(N(c3cccc4sc5ccccc5c34)c3ccc(-c4ccccc4)c4sc5ccccc5c34)c3c(c2)sc2ccccc23)cc1. The number of benzene rings is 8. The molecule has 3 aromatic heterocycles. The number of fused-ring (bicyclic) bond motifs is 9.